The van der Waals surface area contributed by atoms with Crippen LogP contribution in [0.25, 0.3) is 0 Å². The summed E-state index contributed by atoms with van der Waals surface area (Å²) < 4.78 is 0. The number of aromatic amines is 2. The topological polar surface area (TPSA) is 64.8 Å². The first-order chi connectivity index (χ1) is 9.81. The van der Waals surface area contributed by atoms with Crippen LogP contribution < -0.4 is 5.69 Å². The molecule has 1 saturated heterocycles. The van der Waals surface area contributed by atoms with Crippen LogP contribution in [0, 0.1) is 5.92 Å². The van der Waals surface area contributed by atoms with E-state index in [0.29, 0.717) is 5.92 Å². The highest BCUT2D eigenvalue weighted by Gasteiger charge is 2.24. The lowest BCUT2D eigenvalue weighted by molar-refractivity contribution is 0.182. The van der Waals surface area contributed by atoms with Crippen LogP contribution in [0.3, 0.4) is 0 Å². The van der Waals surface area contributed by atoms with Crippen LogP contribution >= 0.6 is 0 Å². The van der Waals surface area contributed by atoms with Gasteiger partial charge in [0.25, 0.3) is 0 Å². The molecule has 20 heavy (non-hydrogen) atoms. The molecule has 112 valence electrons. The molecule has 1 aliphatic carbocycles. The standard InChI is InChI=1S/C15H26N4O/c20-15-16-14(17-18-15)13-7-4-9-19(11-13)10-8-12-5-2-1-3-6-12/h12-13H,1-11H2,(H2,16,17,18,20). The molecule has 5 heteroatoms. The van der Waals surface area contributed by atoms with Gasteiger partial charge in [0.15, 0.2) is 0 Å². The van der Waals surface area contributed by atoms with E-state index < -0.39 is 0 Å². The Morgan fingerprint density at radius 1 is 1.15 bits per heavy atom. The van der Waals surface area contributed by atoms with Crippen LogP contribution in [-0.2, 0) is 0 Å². The van der Waals surface area contributed by atoms with Crippen molar-refractivity contribution in [3.05, 3.63) is 16.3 Å². The molecular formula is C15H26N4O. The summed E-state index contributed by atoms with van der Waals surface area (Å²) >= 11 is 0. The van der Waals surface area contributed by atoms with Crippen LogP contribution in [0.2, 0.25) is 0 Å². The summed E-state index contributed by atoms with van der Waals surface area (Å²) in [5.74, 6) is 2.20. The van der Waals surface area contributed by atoms with Crippen molar-refractivity contribution in [3.63, 3.8) is 0 Å². The number of aromatic nitrogens is 3. The van der Waals surface area contributed by atoms with Crippen molar-refractivity contribution in [1.82, 2.24) is 20.1 Å². The fraction of sp³-hybridized carbons (Fsp3) is 0.867. The first-order valence-corrected chi connectivity index (χ1v) is 8.18. The van der Waals surface area contributed by atoms with Crippen molar-refractivity contribution in [2.45, 2.75) is 57.3 Å². The molecule has 1 aromatic heterocycles. The van der Waals surface area contributed by atoms with Gasteiger partial charge in [-0.25, -0.2) is 9.89 Å². The molecule has 2 aliphatic rings. The third-order valence-electron chi connectivity index (χ3n) is 4.99. The van der Waals surface area contributed by atoms with Gasteiger partial charge in [-0.05, 0) is 38.3 Å². The highest BCUT2D eigenvalue weighted by atomic mass is 16.1. The number of rotatable bonds is 4. The average Bonchev–Trinajstić information content (AvgIpc) is 2.93. The molecule has 0 spiro atoms. The largest absolute Gasteiger partial charge is 0.340 e. The molecule has 3 rings (SSSR count). The Labute approximate surface area is 120 Å². The fourth-order valence-electron chi connectivity index (χ4n) is 3.80. The van der Waals surface area contributed by atoms with Crippen molar-refractivity contribution in [2.75, 3.05) is 19.6 Å². The van der Waals surface area contributed by atoms with Gasteiger partial charge in [-0.1, -0.05) is 32.1 Å². The zero-order valence-corrected chi connectivity index (χ0v) is 12.2. The summed E-state index contributed by atoms with van der Waals surface area (Å²) in [7, 11) is 0. The number of nitrogens with zero attached hydrogens (tertiary/aromatic N) is 2. The van der Waals surface area contributed by atoms with Crippen molar-refractivity contribution in [2.24, 2.45) is 5.92 Å². The molecule has 1 atom stereocenters. The summed E-state index contributed by atoms with van der Waals surface area (Å²) in [6.07, 6.45) is 10.9. The summed E-state index contributed by atoms with van der Waals surface area (Å²) in [5, 5.41) is 6.59. The van der Waals surface area contributed by atoms with Crippen molar-refractivity contribution >= 4 is 0 Å². The molecule has 2 N–H and O–H groups in total. The molecule has 2 heterocycles. The van der Waals surface area contributed by atoms with Crippen LogP contribution in [0.1, 0.15) is 63.1 Å². The van der Waals surface area contributed by atoms with Crippen molar-refractivity contribution in [1.29, 1.82) is 0 Å². The highest BCUT2D eigenvalue weighted by molar-refractivity contribution is 4.96. The van der Waals surface area contributed by atoms with E-state index in [1.54, 1.807) is 0 Å². The molecule has 0 radical (unpaired) electrons. The van der Waals surface area contributed by atoms with Gasteiger partial charge >= 0.3 is 5.69 Å². The molecule has 5 nitrogen and oxygen atoms in total. The lowest BCUT2D eigenvalue weighted by Gasteiger charge is -2.33. The second kappa shape index (κ2) is 6.57. The highest BCUT2D eigenvalue weighted by Crippen LogP contribution is 2.28. The smallest absolute Gasteiger partial charge is 0.303 e. The predicted molar refractivity (Wildman–Crippen MR) is 78.8 cm³/mol. The monoisotopic (exact) mass is 278 g/mol. The van der Waals surface area contributed by atoms with Gasteiger partial charge in [-0.3, -0.25) is 4.98 Å². The predicted octanol–water partition coefficient (Wildman–Crippen LogP) is 2.25. The number of hydrogen-bond donors (Lipinski definition) is 2. The van der Waals surface area contributed by atoms with E-state index >= 15 is 0 Å². The first kappa shape index (κ1) is 13.9. The maximum atomic E-state index is 11.2. The van der Waals surface area contributed by atoms with Crippen LogP contribution in [0.15, 0.2) is 4.79 Å². The van der Waals surface area contributed by atoms with E-state index in [-0.39, 0.29) is 5.69 Å². The summed E-state index contributed by atoms with van der Waals surface area (Å²) in [5.41, 5.74) is -0.181. The van der Waals surface area contributed by atoms with E-state index in [4.69, 9.17) is 0 Å². The Balaban J connectivity index is 1.49. The van der Waals surface area contributed by atoms with E-state index in [1.165, 1.54) is 58.0 Å². The molecule has 2 fully saturated rings. The minimum absolute atomic E-state index is 0.181. The van der Waals surface area contributed by atoms with Gasteiger partial charge in [-0.2, -0.15) is 5.10 Å². The van der Waals surface area contributed by atoms with E-state index in [2.05, 4.69) is 20.1 Å². The first-order valence-electron chi connectivity index (χ1n) is 8.18. The number of H-pyrrole nitrogens is 2. The minimum Gasteiger partial charge on any atom is -0.303 e. The SMILES string of the molecule is O=c1[nH]nc(C2CCCN(CCC3CCCCC3)C2)[nH]1. The number of hydrogen-bond acceptors (Lipinski definition) is 3. The molecule has 1 unspecified atom stereocenters. The Bertz CT molecular complexity index is 460. The van der Waals surface area contributed by atoms with Crippen LogP contribution in [0.5, 0.6) is 0 Å². The normalized spacial score (nSPS) is 25.9. The maximum Gasteiger partial charge on any atom is 0.340 e. The van der Waals surface area contributed by atoms with Gasteiger partial charge in [0.2, 0.25) is 0 Å². The van der Waals surface area contributed by atoms with Crippen molar-refractivity contribution in [3.8, 4) is 0 Å². The summed E-state index contributed by atoms with van der Waals surface area (Å²) in [6.45, 7) is 3.47. The Hall–Kier alpha value is -1.10. The third kappa shape index (κ3) is 3.51. The van der Waals surface area contributed by atoms with Gasteiger partial charge in [0.1, 0.15) is 5.82 Å². The van der Waals surface area contributed by atoms with Crippen LogP contribution in [-0.4, -0.2) is 39.7 Å². The van der Waals surface area contributed by atoms with Gasteiger partial charge in [0.05, 0.1) is 0 Å². The Kier molecular flexibility index (Phi) is 4.55. The molecule has 0 bridgehead atoms. The second-order valence-electron chi connectivity index (χ2n) is 6.50. The molecule has 0 aromatic carbocycles. The molecule has 1 aromatic rings. The molecule has 0 amide bonds. The van der Waals surface area contributed by atoms with Crippen molar-refractivity contribution < 1.29 is 0 Å². The second-order valence-corrected chi connectivity index (χ2v) is 6.50. The lowest BCUT2D eigenvalue weighted by atomic mass is 9.86. The van der Waals surface area contributed by atoms with E-state index in [9.17, 15) is 4.79 Å². The van der Waals surface area contributed by atoms with Crippen LogP contribution in [0.4, 0.5) is 0 Å². The molecular weight excluding hydrogens is 252 g/mol. The summed E-state index contributed by atoms with van der Waals surface area (Å²) in [4.78, 5) is 16.5. The third-order valence-corrected chi connectivity index (χ3v) is 4.99. The molecule has 1 aliphatic heterocycles. The Morgan fingerprint density at radius 2 is 2.00 bits per heavy atom. The number of nitrogens with one attached hydrogen (secondary N) is 2. The zero-order valence-electron chi connectivity index (χ0n) is 12.2. The van der Waals surface area contributed by atoms with Gasteiger partial charge < -0.3 is 4.90 Å². The summed E-state index contributed by atoms with van der Waals surface area (Å²) in [6, 6.07) is 0. The van der Waals surface area contributed by atoms with Gasteiger partial charge in [-0.15, -0.1) is 0 Å². The maximum absolute atomic E-state index is 11.2. The number of piperidine rings is 1. The van der Waals surface area contributed by atoms with Gasteiger partial charge in [0, 0.05) is 12.5 Å². The fourth-order valence-corrected chi connectivity index (χ4v) is 3.80. The van der Waals surface area contributed by atoms with E-state index in [0.717, 1.165) is 24.7 Å². The number of likely N-dealkylation sites (tertiary alicyclic amines) is 1. The Morgan fingerprint density at radius 3 is 2.75 bits per heavy atom. The average molecular weight is 278 g/mol. The zero-order chi connectivity index (χ0) is 13.8. The van der Waals surface area contributed by atoms with E-state index in [1.807, 2.05) is 0 Å². The minimum atomic E-state index is -0.181. The quantitative estimate of drug-likeness (QED) is 0.888. The lowest BCUT2D eigenvalue weighted by Crippen LogP contribution is -2.36. The molecule has 1 saturated carbocycles.